The van der Waals surface area contributed by atoms with Crippen molar-refractivity contribution in [3.63, 3.8) is 0 Å². The molecule has 2 rings (SSSR count). The number of nitrogens with one attached hydrogen (secondary N) is 1. The Morgan fingerprint density at radius 2 is 1.80 bits per heavy atom. The van der Waals surface area contributed by atoms with Crippen molar-refractivity contribution in [1.29, 1.82) is 0 Å². The number of amidine groups is 1. The van der Waals surface area contributed by atoms with Crippen LogP contribution in [0.4, 0.5) is 5.69 Å². The van der Waals surface area contributed by atoms with Gasteiger partial charge in [0.25, 0.3) is 0 Å². The molecule has 5 heteroatoms. The summed E-state index contributed by atoms with van der Waals surface area (Å²) in [4.78, 5) is 0. The Bertz CT molecular complexity index is 587. The fourth-order valence-electron chi connectivity index (χ4n) is 1.95. The van der Waals surface area contributed by atoms with Crippen LogP contribution in [0.5, 0.6) is 0 Å². The van der Waals surface area contributed by atoms with Gasteiger partial charge in [-0.25, -0.2) is 0 Å². The van der Waals surface area contributed by atoms with Gasteiger partial charge in [0.05, 0.1) is 6.04 Å². The number of oxime groups is 1. The Balaban J connectivity index is 2.26. The minimum atomic E-state index is -0.0641. The third-order valence-corrected chi connectivity index (χ3v) is 3.64. The third-order valence-electron chi connectivity index (χ3n) is 2.95. The molecule has 1 atom stereocenters. The van der Waals surface area contributed by atoms with Crippen molar-refractivity contribution in [2.75, 3.05) is 5.32 Å². The van der Waals surface area contributed by atoms with Crippen molar-refractivity contribution in [2.45, 2.75) is 12.5 Å². The number of nitrogens with two attached hydrogens (primary N) is 1. The third kappa shape index (κ3) is 3.74. The zero-order valence-corrected chi connectivity index (χ0v) is 12.4. The number of hydrogen-bond donors (Lipinski definition) is 3. The highest BCUT2D eigenvalue weighted by Crippen LogP contribution is 2.28. The molecule has 0 heterocycles. The lowest BCUT2D eigenvalue weighted by atomic mass is 10.0. The van der Waals surface area contributed by atoms with E-state index in [1.807, 2.05) is 54.6 Å². The largest absolute Gasteiger partial charge is 0.409 e. The summed E-state index contributed by atoms with van der Waals surface area (Å²) in [7, 11) is 0. The zero-order chi connectivity index (χ0) is 14.4. The number of hydrogen-bond acceptors (Lipinski definition) is 3. The molecular weight excluding hydrogens is 318 g/mol. The molecule has 1 unspecified atom stereocenters. The summed E-state index contributed by atoms with van der Waals surface area (Å²) in [6, 6.07) is 17.7. The van der Waals surface area contributed by atoms with E-state index in [0.29, 0.717) is 6.42 Å². The van der Waals surface area contributed by atoms with E-state index in [2.05, 4.69) is 26.4 Å². The zero-order valence-electron chi connectivity index (χ0n) is 10.8. The van der Waals surface area contributed by atoms with Crippen LogP contribution in [0.1, 0.15) is 18.0 Å². The van der Waals surface area contributed by atoms with Crippen LogP contribution >= 0.6 is 15.9 Å². The maximum atomic E-state index is 8.78. The van der Waals surface area contributed by atoms with Crippen LogP contribution in [-0.4, -0.2) is 11.0 Å². The van der Waals surface area contributed by atoms with E-state index in [4.69, 9.17) is 10.9 Å². The second kappa shape index (κ2) is 6.96. The molecule has 4 N–H and O–H groups in total. The molecule has 20 heavy (non-hydrogen) atoms. The minimum absolute atomic E-state index is 0.0641. The predicted octanol–water partition coefficient (Wildman–Crippen LogP) is 3.74. The molecule has 0 spiro atoms. The van der Waals surface area contributed by atoms with E-state index in [-0.39, 0.29) is 11.9 Å². The Morgan fingerprint density at radius 3 is 2.45 bits per heavy atom. The minimum Gasteiger partial charge on any atom is -0.409 e. The van der Waals surface area contributed by atoms with Crippen molar-refractivity contribution in [2.24, 2.45) is 10.9 Å². The summed E-state index contributed by atoms with van der Waals surface area (Å²) in [5.74, 6) is 0.193. The van der Waals surface area contributed by atoms with Crippen LogP contribution in [0.2, 0.25) is 0 Å². The van der Waals surface area contributed by atoms with Crippen LogP contribution in [0.15, 0.2) is 64.2 Å². The summed E-state index contributed by atoms with van der Waals surface area (Å²) >= 11 is 3.51. The van der Waals surface area contributed by atoms with E-state index in [1.165, 1.54) is 0 Å². The highest BCUT2D eigenvalue weighted by molar-refractivity contribution is 9.10. The van der Waals surface area contributed by atoms with Crippen LogP contribution in [0, 0.1) is 0 Å². The predicted molar refractivity (Wildman–Crippen MR) is 85.0 cm³/mol. The monoisotopic (exact) mass is 333 g/mol. The molecule has 0 aromatic heterocycles. The highest BCUT2D eigenvalue weighted by Gasteiger charge is 2.14. The van der Waals surface area contributed by atoms with E-state index in [9.17, 15) is 0 Å². The van der Waals surface area contributed by atoms with Crippen molar-refractivity contribution in [3.8, 4) is 0 Å². The first-order valence-electron chi connectivity index (χ1n) is 6.23. The lowest BCUT2D eigenvalue weighted by Gasteiger charge is -2.20. The summed E-state index contributed by atoms with van der Waals surface area (Å²) in [6.07, 6.45) is 0.418. The summed E-state index contributed by atoms with van der Waals surface area (Å²) < 4.78 is 0.973. The maximum Gasteiger partial charge on any atom is 0.141 e. The van der Waals surface area contributed by atoms with E-state index in [1.54, 1.807) is 0 Å². The number of benzene rings is 2. The molecule has 4 nitrogen and oxygen atoms in total. The molecule has 0 saturated heterocycles. The van der Waals surface area contributed by atoms with Gasteiger partial charge in [-0.15, -0.1) is 0 Å². The lowest BCUT2D eigenvalue weighted by molar-refractivity contribution is 0.316. The molecule has 104 valence electrons. The van der Waals surface area contributed by atoms with Gasteiger partial charge in [0.1, 0.15) is 5.84 Å². The fourth-order valence-corrected chi connectivity index (χ4v) is 2.35. The van der Waals surface area contributed by atoms with Gasteiger partial charge in [-0.1, -0.05) is 47.6 Å². The number of rotatable bonds is 5. The average Bonchev–Trinajstić information content (AvgIpc) is 2.49. The highest BCUT2D eigenvalue weighted by atomic mass is 79.9. The van der Waals surface area contributed by atoms with Gasteiger partial charge in [0, 0.05) is 16.6 Å². The number of anilines is 1. The van der Waals surface area contributed by atoms with Crippen LogP contribution in [-0.2, 0) is 0 Å². The topological polar surface area (TPSA) is 70.6 Å². The summed E-state index contributed by atoms with van der Waals surface area (Å²) in [5.41, 5.74) is 7.69. The fraction of sp³-hybridized carbons (Fsp3) is 0.133. The van der Waals surface area contributed by atoms with E-state index < -0.39 is 0 Å². The molecule has 0 amide bonds. The first-order valence-corrected chi connectivity index (χ1v) is 7.02. The molecule has 0 aliphatic carbocycles. The van der Waals surface area contributed by atoms with Crippen LogP contribution in [0.25, 0.3) is 0 Å². The van der Waals surface area contributed by atoms with Crippen molar-refractivity contribution < 1.29 is 5.21 Å². The smallest absolute Gasteiger partial charge is 0.141 e. The van der Waals surface area contributed by atoms with Crippen molar-refractivity contribution >= 4 is 27.5 Å². The van der Waals surface area contributed by atoms with Crippen LogP contribution in [0.3, 0.4) is 0 Å². The molecule has 0 aliphatic heterocycles. The van der Waals surface area contributed by atoms with E-state index >= 15 is 0 Å². The number of para-hydroxylation sites is 1. The van der Waals surface area contributed by atoms with Gasteiger partial charge in [0.15, 0.2) is 0 Å². The van der Waals surface area contributed by atoms with Gasteiger partial charge < -0.3 is 16.3 Å². The lowest BCUT2D eigenvalue weighted by Crippen LogP contribution is -2.21. The number of nitrogens with zero attached hydrogens (tertiary/aromatic N) is 1. The van der Waals surface area contributed by atoms with Gasteiger partial charge in [-0.2, -0.15) is 0 Å². The molecule has 0 saturated carbocycles. The first kappa shape index (κ1) is 14.4. The second-order valence-corrected chi connectivity index (χ2v) is 5.24. The van der Waals surface area contributed by atoms with E-state index in [0.717, 1.165) is 15.7 Å². The van der Waals surface area contributed by atoms with Gasteiger partial charge in [-0.05, 0) is 33.6 Å². The molecule has 2 aromatic rings. The van der Waals surface area contributed by atoms with Gasteiger partial charge >= 0.3 is 0 Å². The number of halogens is 1. The second-order valence-electron chi connectivity index (χ2n) is 4.38. The molecule has 0 fully saturated rings. The summed E-state index contributed by atoms with van der Waals surface area (Å²) in [6.45, 7) is 0. The van der Waals surface area contributed by atoms with Gasteiger partial charge in [-0.3, -0.25) is 0 Å². The van der Waals surface area contributed by atoms with Crippen molar-refractivity contribution in [3.05, 3.63) is 64.6 Å². The maximum absolute atomic E-state index is 8.78. The Morgan fingerprint density at radius 1 is 1.15 bits per heavy atom. The standard InChI is InChI=1S/C15H16BrN3O/c16-12-8-4-5-9-13(12)18-14(10-15(17)19-20)11-6-2-1-3-7-11/h1-9,14,18,20H,10H2,(H2,17,19). The average molecular weight is 334 g/mol. The molecule has 0 bridgehead atoms. The van der Waals surface area contributed by atoms with Gasteiger partial charge in [0.2, 0.25) is 0 Å². The molecule has 2 aromatic carbocycles. The SMILES string of the molecule is NC(CC(Nc1ccccc1Br)c1ccccc1)=NO. The summed E-state index contributed by atoms with van der Waals surface area (Å²) in [5, 5.41) is 15.2. The molecule has 0 radical (unpaired) electrons. The Labute approximate surface area is 126 Å². The Hall–Kier alpha value is -2.01. The van der Waals surface area contributed by atoms with Crippen LogP contribution < -0.4 is 11.1 Å². The molecular formula is C15H16BrN3O. The quantitative estimate of drug-likeness (QED) is 0.338. The van der Waals surface area contributed by atoms with Crippen molar-refractivity contribution in [1.82, 2.24) is 0 Å². The normalized spacial score (nSPS) is 12.9. The molecule has 0 aliphatic rings. The Kier molecular flexibility index (Phi) is 5.01. The first-order chi connectivity index (χ1) is 9.70.